The van der Waals surface area contributed by atoms with Gasteiger partial charge in [-0.2, -0.15) is 0 Å². The van der Waals surface area contributed by atoms with E-state index in [1.807, 2.05) is 23.7 Å². The lowest BCUT2D eigenvalue weighted by Crippen LogP contribution is -2.56. The molecule has 1 fully saturated rings. The van der Waals surface area contributed by atoms with Crippen molar-refractivity contribution in [3.8, 4) is 5.75 Å². The summed E-state index contributed by atoms with van der Waals surface area (Å²) in [5, 5.41) is 26.1. The third-order valence-corrected chi connectivity index (χ3v) is 7.69. The Labute approximate surface area is 242 Å². The van der Waals surface area contributed by atoms with Gasteiger partial charge in [0, 0.05) is 42.0 Å². The number of hydrogen-bond donors (Lipinski definition) is 4. The predicted molar refractivity (Wildman–Crippen MR) is 155 cm³/mol. The maximum atomic E-state index is 12.8. The van der Waals surface area contributed by atoms with Gasteiger partial charge in [-0.05, 0) is 44.8 Å². The van der Waals surface area contributed by atoms with Gasteiger partial charge in [-0.1, -0.05) is 30.1 Å². The third-order valence-electron chi connectivity index (χ3n) is 6.15. The van der Waals surface area contributed by atoms with Crippen molar-refractivity contribution in [2.75, 3.05) is 26.7 Å². The van der Waals surface area contributed by atoms with Gasteiger partial charge in [0.05, 0.1) is 28.2 Å². The van der Waals surface area contributed by atoms with E-state index in [2.05, 4.69) is 17.6 Å². The summed E-state index contributed by atoms with van der Waals surface area (Å²) < 4.78 is 0. The van der Waals surface area contributed by atoms with Crippen molar-refractivity contribution in [1.29, 1.82) is 0 Å². The van der Waals surface area contributed by atoms with Crippen molar-refractivity contribution >= 4 is 70.8 Å². The number of nitrogens with one attached hydrogen (secondary N) is 2. The number of thiophene rings is 1. The number of carbonyl (C=O) groups is 3. The zero-order valence-corrected chi connectivity index (χ0v) is 24.7. The van der Waals surface area contributed by atoms with E-state index in [1.165, 1.54) is 30.4 Å². The second kappa shape index (κ2) is 13.0. The third kappa shape index (κ3) is 7.88. The number of aryl methyl sites for hydroxylation is 1. The molecule has 10 nitrogen and oxygen atoms in total. The van der Waals surface area contributed by atoms with E-state index >= 15 is 0 Å². The highest BCUT2D eigenvalue weighted by atomic mass is 35.5. The smallest absolute Gasteiger partial charge is 0.411 e. The molecule has 0 spiro atoms. The van der Waals surface area contributed by atoms with Crippen LogP contribution in [0.1, 0.15) is 46.4 Å². The van der Waals surface area contributed by atoms with Crippen molar-refractivity contribution in [2.45, 2.75) is 40.1 Å². The summed E-state index contributed by atoms with van der Waals surface area (Å²) in [6, 6.07) is 3.54. The number of aromatic hydroxyl groups is 1. The molecule has 2 heterocycles. The van der Waals surface area contributed by atoms with E-state index in [1.54, 1.807) is 12.9 Å². The number of ketones is 1. The molecular weight excluding hydrogens is 564 g/mol. The Hall–Kier alpha value is -2.80. The van der Waals surface area contributed by atoms with Gasteiger partial charge in [-0.3, -0.25) is 14.4 Å². The number of amides is 2. The highest BCUT2D eigenvalue weighted by Crippen LogP contribution is 2.36. The molecule has 1 unspecified atom stereocenters. The molecule has 1 aromatic heterocycles. The number of nitrogens with zero attached hydrogens (tertiary/aromatic N) is 3. The first kappa shape index (κ1) is 30.7. The first-order chi connectivity index (χ1) is 18.3. The van der Waals surface area contributed by atoms with Gasteiger partial charge in [0.1, 0.15) is 11.5 Å². The zero-order valence-electron chi connectivity index (χ0n) is 22.4. The van der Waals surface area contributed by atoms with Gasteiger partial charge in [0.15, 0.2) is 5.96 Å². The minimum Gasteiger partial charge on any atom is -0.506 e. The van der Waals surface area contributed by atoms with Crippen LogP contribution >= 0.6 is 34.5 Å². The Morgan fingerprint density at radius 2 is 1.95 bits per heavy atom. The Morgan fingerprint density at radius 3 is 2.59 bits per heavy atom. The average molecular weight is 596 g/mol. The number of rotatable bonds is 9. The molecule has 210 valence electrons. The largest absolute Gasteiger partial charge is 0.506 e. The van der Waals surface area contributed by atoms with Crippen LogP contribution in [0.25, 0.3) is 0 Å². The van der Waals surface area contributed by atoms with Crippen LogP contribution in [0.15, 0.2) is 23.2 Å². The minimum atomic E-state index is -0.887. The van der Waals surface area contributed by atoms with E-state index < -0.39 is 24.9 Å². The van der Waals surface area contributed by atoms with Gasteiger partial charge >= 0.3 is 7.05 Å². The molecule has 2 atom stereocenters. The summed E-state index contributed by atoms with van der Waals surface area (Å²) in [6.45, 7) is 8.09. The number of benzene rings is 1. The Kier molecular flexibility index (Phi) is 10.3. The summed E-state index contributed by atoms with van der Waals surface area (Å²) in [4.78, 5) is 47.1. The first-order valence-electron chi connectivity index (χ1n) is 12.4. The molecule has 1 saturated heterocycles. The van der Waals surface area contributed by atoms with Crippen LogP contribution in [-0.2, 0) is 9.59 Å². The fourth-order valence-electron chi connectivity index (χ4n) is 4.39. The maximum absolute atomic E-state index is 12.8. The van der Waals surface area contributed by atoms with Crippen LogP contribution in [-0.4, -0.2) is 77.1 Å². The number of aliphatic imine (C=N–C) groups is 1. The molecule has 1 aliphatic rings. The average Bonchev–Trinajstić information content (AvgIpc) is 3.20. The zero-order chi connectivity index (χ0) is 29.0. The number of halogens is 2. The molecule has 3 rings (SSSR count). The second-order valence-corrected chi connectivity index (χ2v) is 11.9. The van der Waals surface area contributed by atoms with E-state index in [4.69, 9.17) is 28.2 Å². The Bertz CT molecular complexity index is 1290. The van der Waals surface area contributed by atoms with Gasteiger partial charge in [0.2, 0.25) is 5.91 Å². The van der Waals surface area contributed by atoms with Gasteiger partial charge in [-0.15, -0.1) is 11.3 Å². The minimum absolute atomic E-state index is 0.00782. The second-order valence-electron chi connectivity index (χ2n) is 9.77. The molecular formula is C25H32BCl2N5O5S. The highest BCUT2D eigenvalue weighted by Gasteiger charge is 2.31. The molecule has 4 N–H and O–H groups in total. The van der Waals surface area contributed by atoms with Crippen molar-refractivity contribution in [1.82, 2.24) is 20.3 Å². The lowest BCUT2D eigenvalue weighted by atomic mass is 9.83. The normalized spacial score (nSPS) is 17.2. The fourth-order valence-corrected chi connectivity index (χ4v) is 5.77. The van der Waals surface area contributed by atoms with E-state index in [0.29, 0.717) is 29.0 Å². The van der Waals surface area contributed by atoms with Gasteiger partial charge in [0.25, 0.3) is 5.91 Å². The topological polar surface area (TPSA) is 135 Å². The van der Waals surface area contributed by atoms with E-state index in [-0.39, 0.29) is 40.1 Å². The standard InChI is InChI=1S/C25H32BCl2N5O5S/c1-13-11-32(5)25(33(12-13)26(4)38)31-19-9-21(39-15(19)3)24(37)29-10-22(35)30-20(6-14(2)34)17-7-16(27)8-18(28)23(17)36/h7-9,13,20,36,38H,6,10-12H2,1-5H3,(H,29,37)(H,30,35)/t13?,20-/m0/s1. The highest BCUT2D eigenvalue weighted by molar-refractivity contribution is 7.14. The summed E-state index contributed by atoms with van der Waals surface area (Å²) in [5.74, 6) is -0.558. The predicted octanol–water partition coefficient (Wildman–Crippen LogP) is 3.62. The number of carbonyl (C=O) groups excluding carboxylic acids is 3. The maximum Gasteiger partial charge on any atom is 0.411 e. The summed E-state index contributed by atoms with van der Waals surface area (Å²) in [5.41, 5.74) is 0.805. The Balaban J connectivity index is 1.70. The SMILES string of the molecule is CB(O)N1CC(C)CN(C)C1=Nc1cc(C(=O)NCC(=O)N[C@@H](CC(C)=O)c2cc(Cl)cc(Cl)c2O)sc1C. The van der Waals surface area contributed by atoms with Crippen molar-refractivity contribution in [2.24, 2.45) is 10.9 Å². The number of phenolic OH excluding ortho intramolecular Hbond substituents is 1. The quantitative estimate of drug-likeness (QED) is 0.325. The molecule has 0 saturated carbocycles. The lowest BCUT2D eigenvalue weighted by Gasteiger charge is -2.41. The van der Waals surface area contributed by atoms with Crippen LogP contribution < -0.4 is 10.6 Å². The lowest BCUT2D eigenvalue weighted by molar-refractivity contribution is -0.121. The number of guanidine groups is 1. The fraction of sp³-hybridized carbons (Fsp3) is 0.440. The summed E-state index contributed by atoms with van der Waals surface area (Å²) in [7, 11) is 1.19. The molecule has 1 aromatic carbocycles. The van der Waals surface area contributed by atoms with Crippen molar-refractivity contribution < 1.29 is 24.5 Å². The van der Waals surface area contributed by atoms with Crippen LogP contribution in [0, 0.1) is 12.8 Å². The number of hydrogen-bond acceptors (Lipinski definition) is 7. The van der Waals surface area contributed by atoms with Gasteiger partial charge in [-0.25, -0.2) is 4.99 Å². The van der Waals surface area contributed by atoms with Crippen molar-refractivity contribution in [3.63, 3.8) is 0 Å². The molecule has 0 radical (unpaired) electrons. The number of Topliss-reactive ketones (excluding diaryl/α,β-unsaturated/α-hetero) is 1. The van der Waals surface area contributed by atoms with Gasteiger partial charge < -0.3 is 30.5 Å². The number of phenols is 1. The molecule has 39 heavy (non-hydrogen) atoms. The summed E-state index contributed by atoms with van der Waals surface area (Å²) >= 11 is 13.3. The van der Waals surface area contributed by atoms with E-state index in [0.717, 1.165) is 11.4 Å². The Morgan fingerprint density at radius 1 is 1.26 bits per heavy atom. The molecule has 2 aromatic rings. The monoisotopic (exact) mass is 595 g/mol. The van der Waals surface area contributed by atoms with Crippen LogP contribution in [0.2, 0.25) is 16.9 Å². The van der Waals surface area contributed by atoms with E-state index in [9.17, 15) is 24.5 Å². The molecule has 1 aliphatic heterocycles. The van der Waals surface area contributed by atoms with Crippen LogP contribution in [0.3, 0.4) is 0 Å². The van der Waals surface area contributed by atoms with Crippen molar-refractivity contribution in [3.05, 3.63) is 43.6 Å². The summed E-state index contributed by atoms with van der Waals surface area (Å²) in [6.07, 6.45) is -0.103. The molecule has 14 heteroatoms. The first-order valence-corrected chi connectivity index (χ1v) is 13.9. The van der Waals surface area contributed by atoms with Crippen LogP contribution in [0.5, 0.6) is 5.75 Å². The molecule has 0 bridgehead atoms. The molecule has 0 aliphatic carbocycles. The van der Waals surface area contributed by atoms with Crippen LogP contribution in [0.4, 0.5) is 5.69 Å². The molecule has 2 amide bonds.